The third-order valence-corrected chi connectivity index (χ3v) is 5.33. The van der Waals surface area contributed by atoms with Gasteiger partial charge in [-0.05, 0) is 37.5 Å². The maximum absolute atomic E-state index is 12.8. The number of likely N-dealkylation sites (tertiary alicyclic amines) is 1. The molecule has 1 N–H and O–H groups in total. The summed E-state index contributed by atoms with van der Waals surface area (Å²) in [5.74, 6) is 0.796. The molecule has 0 saturated carbocycles. The molecular weight excluding hydrogens is 364 g/mol. The summed E-state index contributed by atoms with van der Waals surface area (Å²) in [4.78, 5) is 38.6. The first-order chi connectivity index (χ1) is 14.1. The summed E-state index contributed by atoms with van der Waals surface area (Å²) in [5, 5.41) is 0. The molecular formula is C23H24N4O2. The Bertz CT molecular complexity index is 1060. The number of nitrogens with one attached hydrogen (secondary N) is 1. The first-order valence-corrected chi connectivity index (χ1v) is 9.93. The number of aromatic nitrogens is 3. The standard InChI is InChI=1S/C23H24N4O2/c1-16-4-2-5-17(12-16)13-22(29)27-11-3-6-19(15-27)23-25-20(14-21(28)26-23)18-7-9-24-10-8-18/h2,4-5,7-10,12,14,19H,3,6,11,13,15H2,1H3,(H,25,26,28)/t19-/m0/s1. The van der Waals surface area contributed by atoms with Gasteiger partial charge in [0, 0.05) is 43.0 Å². The van der Waals surface area contributed by atoms with Crippen molar-refractivity contribution in [3.05, 3.63) is 82.2 Å². The number of amides is 1. The highest BCUT2D eigenvalue weighted by Gasteiger charge is 2.26. The zero-order valence-corrected chi connectivity index (χ0v) is 16.5. The van der Waals surface area contributed by atoms with E-state index in [1.54, 1.807) is 12.4 Å². The molecule has 1 aliphatic rings. The van der Waals surface area contributed by atoms with Crippen LogP contribution in [0.4, 0.5) is 0 Å². The van der Waals surface area contributed by atoms with Crippen LogP contribution in [0, 0.1) is 6.92 Å². The highest BCUT2D eigenvalue weighted by atomic mass is 16.2. The molecule has 0 radical (unpaired) electrons. The number of nitrogens with zero attached hydrogens (tertiary/aromatic N) is 3. The summed E-state index contributed by atoms with van der Waals surface area (Å²) < 4.78 is 0. The quantitative estimate of drug-likeness (QED) is 0.745. The Morgan fingerprint density at radius 1 is 1.21 bits per heavy atom. The van der Waals surface area contributed by atoms with Crippen molar-refractivity contribution < 1.29 is 4.79 Å². The van der Waals surface area contributed by atoms with Crippen molar-refractivity contribution in [3.63, 3.8) is 0 Å². The van der Waals surface area contributed by atoms with E-state index < -0.39 is 0 Å². The van der Waals surface area contributed by atoms with Gasteiger partial charge < -0.3 is 9.88 Å². The highest BCUT2D eigenvalue weighted by Crippen LogP contribution is 2.26. The summed E-state index contributed by atoms with van der Waals surface area (Å²) in [5.41, 5.74) is 3.50. The number of pyridine rings is 1. The normalized spacial score (nSPS) is 16.6. The molecule has 1 fully saturated rings. The van der Waals surface area contributed by atoms with E-state index in [1.165, 1.54) is 6.07 Å². The minimum Gasteiger partial charge on any atom is -0.342 e. The van der Waals surface area contributed by atoms with Crippen LogP contribution in [0.3, 0.4) is 0 Å². The summed E-state index contributed by atoms with van der Waals surface area (Å²) >= 11 is 0. The summed E-state index contributed by atoms with van der Waals surface area (Å²) in [6.45, 7) is 3.35. The monoisotopic (exact) mass is 388 g/mol. The minimum atomic E-state index is -0.176. The molecule has 2 aromatic heterocycles. The number of H-pyrrole nitrogens is 1. The molecule has 1 aromatic carbocycles. The molecule has 1 aliphatic heterocycles. The van der Waals surface area contributed by atoms with Gasteiger partial charge in [0.15, 0.2) is 0 Å². The van der Waals surface area contributed by atoms with Crippen LogP contribution in [0.25, 0.3) is 11.3 Å². The fourth-order valence-corrected chi connectivity index (χ4v) is 3.88. The lowest BCUT2D eigenvalue weighted by Gasteiger charge is -2.32. The van der Waals surface area contributed by atoms with Gasteiger partial charge in [0.05, 0.1) is 12.1 Å². The van der Waals surface area contributed by atoms with Crippen molar-refractivity contribution in [1.29, 1.82) is 0 Å². The van der Waals surface area contributed by atoms with Crippen LogP contribution in [0.2, 0.25) is 0 Å². The van der Waals surface area contributed by atoms with Crippen LogP contribution in [-0.2, 0) is 11.2 Å². The van der Waals surface area contributed by atoms with E-state index in [1.807, 2.05) is 42.2 Å². The van der Waals surface area contributed by atoms with Crippen molar-refractivity contribution >= 4 is 5.91 Å². The van der Waals surface area contributed by atoms with E-state index in [-0.39, 0.29) is 17.4 Å². The molecule has 148 valence electrons. The van der Waals surface area contributed by atoms with Crippen molar-refractivity contribution in [2.75, 3.05) is 13.1 Å². The highest BCUT2D eigenvalue weighted by molar-refractivity contribution is 5.79. The third-order valence-electron chi connectivity index (χ3n) is 5.33. The summed E-state index contributed by atoms with van der Waals surface area (Å²) in [7, 11) is 0. The van der Waals surface area contributed by atoms with E-state index in [9.17, 15) is 9.59 Å². The molecule has 3 heterocycles. The number of benzene rings is 1. The Kier molecular flexibility index (Phi) is 5.51. The number of piperidine rings is 1. The van der Waals surface area contributed by atoms with Crippen LogP contribution < -0.4 is 5.56 Å². The van der Waals surface area contributed by atoms with Crippen molar-refractivity contribution in [2.45, 2.75) is 32.1 Å². The van der Waals surface area contributed by atoms with Crippen molar-refractivity contribution in [2.24, 2.45) is 0 Å². The molecule has 1 atom stereocenters. The van der Waals surface area contributed by atoms with Gasteiger partial charge in [-0.15, -0.1) is 0 Å². The minimum absolute atomic E-state index is 0.0275. The average Bonchev–Trinajstić information content (AvgIpc) is 2.74. The molecule has 0 bridgehead atoms. The van der Waals surface area contributed by atoms with Crippen LogP contribution in [-0.4, -0.2) is 38.8 Å². The second kappa shape index (κ2) is 8.39. The van der Waals surface area contributed by atoms with Gasteiger partial charge in [0.1, 0.15) is 5.82 Å². The van der Waals surface area contributed by atoms with Crippen LogP contribution in [0.1, 0.15) is 35.7 Å². The molecule has 0 aliphatic carbocycles. The zero-order chi connectivity index (χ0) is 20.2. The first kappa shape index (κ1) is 19.1. The zero-order valence-electron chi connectivity index (χ0n) is 16.5. The Morgan fingerprint density at radius 3 is 2.83 bits per heavy atom. The summed E-state index contributed by atoms with van der Waals surface area (Å²) in [6, 6.07) is 13.2. The van der Waals surface area contributed by atoms with E-state index in [0.717, 1.165) is 36.1 Å². The lowest BCUT2D eigenvalue weighted by molar-refractivity contribution is -0.131. The van der Waals surface area contributed by atoms with E-state index in [0.29, 0.717) is 24.5 Å². The number of hydrogen-bond acceptors (Lipinski definition) is 4. The van der Waals surface area contributed by atoms with E-state index in [4.69, 9.17) is 4.98 Å². The Balaban J connectivity index is 1.52. The van der Waals surface area contributed by atoms with Gasteiger partial charge in [-0.25, -0.2) is 4.98 Å². The Hall–Kier alpha value is -3.28. The first-order valence-electron chi connectivity index (χ1n) is 9.93. The van der Waals surface area contributed by atoms with E-state index >= 15 is 0 Å². The van der Waals surface area contributed by atoms with Crippen LogP contribution in [0.15, 0.2) is 59.7 Å². The van der Waals surface area contributed by atoms with Gasteiger partial charge in [-0.1, -0.05) is 29.8 Å². The molecule has 0 unspecified atom stereocenters. The molecule has 6 nitrogen and oxygen atoms in total. The maximum Gasteiger partial charge on any atom is 0.251 e. The predicted molar refractivity (Wildman–Crippen MR) is 112 cm³/mol. The van der Waals surface area contributed by atoms with Crippen LogP contribution in [0.5, 0.6) is 0 Å². The number of carbonyl (C=O) groups is 1. The number of rotatable bonds is 4. The number of aryl methyl sites for hydroxylation is 1. The second-order valence-electron chi connectivity index (χ2n) is 7.60. The molecule has 0 spiro atoms. The van der Waals surface area contributed by atoms with Crippen molar-refractivity contribution in [3.8, 4) is 11.3 Å². The lowest BCUT2D eigenvalue weighted by Crippen LogP contribution is -2.40. The van der Waals surface area contributed by atoms with Gasteiger partial charge >= 0.3 is 0 Å². The smallest absolute Gasteiger partial charge is 0.251 e. The fourth-order valence-electron chi connectivity index (χ4n) is 3.88. The van der Waals surface area contributed by atoms with Crippen LogP contribution >= 0.6 is 0 Å². The number of hydrogen-bond donors (Lipinski definition) is 1. The Labute approximate surface area is 169 Å². The molecule has 29 heavy (non-hydrogen) atoms. The molecule has 6 heteroatoms. The molecule has 1 amide bonds. The topological polar surface area (TPSA) is 79.0 Å². The Morgan fingerprint density at radius 2 is 2.03 bits per heavy atom. The van der Waals surface area contributed by atoms with Gasteiger partial charge in [0.25, 0.3) is 5.56 Å². The lowest BCUT2D eigenvalue weighted by atomic mass is 9.96. The molecule has 4 rings (SSSR count). The maximum atomic E-state index is 12.8. The number of aromatic amines is 1. The van der Waals surface area contributed by atoms with Gasteiger partial charge in [0.2, 0.25) is 5.91 Å². The van der Waals surface area contributed by atoms with Gasteiger partial charge in [-0.2, -0.15) is 0 Å². The second-order valence-corrected chi connectivity index (χ2v) is 7.60. The SMILES string of the molecule is Cc1cccc(CC(=O)N2CCC[C@H](c3nc(-c4ccncc4)cc(=O)[nH]3)C2)c1. The molecule has 3 aromatic rings. The van der Waals surface area contributed by atoms with E-state index in [2.05, 4.69) is 16.0 Å². The third kappa shape index (κ3) is 4.59. The average molecular weight is 388 g/mol. The predicted octanol–water partition coefficient (Wildman–Crippen LogP) is 3.09. The molecule has 1 saturated heterocycles. The number of carbonyl (C=O) groups excluding carboxylic acids is 1. The van der Waals surface area contributed by atoms with Crippen molar-refractivity contribution in [1.82, 2.24) is 19.9 Å². The fraction of sp³-hybridized carbons (Fsp3) is 0.304. The largest absolute Gasteiger partial charge is 0.342 e. The summed E-state index contributed by atoms with van der Waals surface area (Å²) in [6.07, 6.45) is 5.56. The van der Waals surface area contributed by atoms with Gasteiger partial charge in [-0.3, -0.25) is 14.6 Å².